The SMILES string of the molecule is C=C(C)C1CCC23CC=CC4C2(C=CC(C)=C3C1)CCC41CCC2CCCC23CCCC31O. The molecule has 7 aliphatic carbocycles. The van der Waals surface area contributed by atoms with Crippen molar-refractivity contribution in [1.82, 2.24) is 0 Å². The maximum atomic E-state index is 12.9. The van der Waals surface area contributed by atoms with Crippen LogP contribution in [0.3, 0.4) is 0 Å². The molecule has 0 saturated heterocycles. The molecule has 5 fully saturated rings. The van der Waals surface area contributed by atoms with Crippen molar-refractivity contribution in [2.45, 2.75) is 109 Å². The Morgan fingerprint density at radius 2 is 1.82 bits per heavy atom. The summed E-state index contributed by atoms with van der Waals surface area (Å²) in [6.45, 7) is 8.99. The molecule has 7 rings (SSSR count). The lowest BCUT2D eigenvalue weighted by molar-refractivity contribution is -0.216. The minimum Gasteiger partial charge on any atom is -0.389 e. The zero-order chi connectivity index (χ0) is 22.7. The van der Waals surface area contributed by atoms with E-state index in [2.05, 4.69) is 44.7 Å². The zero-order valence-electron chi connectivity index (χ0n) is 21.1. The van der Waals surface area contributed by atoms with Crippen LogP contribution in [0.1, 0.15) is 104 Å². The summed E-state index contributed by atoms with van der Waals surface area (Å²) in [4.78, 5) is 0. The summed E-state index contributed by atoms with van der Waals surface area (Å²) in [7, 11) is 0. The predicted octanol–water partition coefficient (Wildman–Crippen LogP) is 8.07. The highest BCUT2D eigenvalue weighted by Gasteiger charge is 2.77. The van der Waals surface area contributed by atoms with Crippen molar-refractivity contribution in [3.05, 3.63) is 47.6 Å². The second-order valence-corrected chi connectivity index (χ2v) is 13.7. The van der Waals surface area contributed by atoms with E-state index in [9.17, 15) is 5.11 Å². The highest BCUT2D eigenvalue weighted by molar-refractivity contribution is 5.47. The largest absolute Gasteiger partial charge is 0.389 e. The van der Waals surface area contributed by atoms with E-state index in [0.717, 1.165) is 12.3 Å². The number of allylic oxidation sites excluding steroid dienone is 7. The first-order valence-electron chi connectivity index (χ1n) is 14.3. The van der Waals surface area contributed by atoms with Crippen LogP contribution in [0.25, 0.3) is 0 Å². The maximum Gasteiger partial charge on any atom is 0.0768 e. The predicted molar refractivity (Wildman–Crippen MR) is 136 cm³/mol. The van der Waals surface area contributed by atoms with Gasteiger partial charge in [-0.25, -0.2) is 0 Å². The van der Waals surface area contributed by atoms with Crippen molar-refractivity contribution in [3.8, 4) is 0 Å². The van der Waals surface area contributed by atoms with Crippen LogP contribution in [0.5, 0.6) is 0 Å². The van der Waals surface area contributed by atoms with Gasteiger partial charge in [0, 0.05) is 21.7 Å². The van der Waals surface area contributed by atoms with E-state index in [0.29, 0.717) is 11.8 Å². The molecule has 4 spiro atoms. The smallest absolute Gasteiger partial charge is 0.0768 e. The second kappa shape index (κ2) is 6.57. The molecule has 1 N–H and O–H groups in total. The summed E-state index contributed by atoms with van der Waals surface area (Å²) in [5, 5.41) is 12.9. The lowest BCUT2D eigenvalue weighted by Crippen LogP contribution is -2.64. The Hall–Kier alpha value is -1.08. The van der Waals surface area contributed by atoms with Gasteiger partial charge in [-0.3, -0.25) is 0 Å². The molecule has 0 aromatic rings. The molecule has 5 saturated carbocycles. The molecule has 7 aliphatic rings. The number of hydrogen-bond acceptors (Lipinski definition) is 1. The lowest BCUT2D eigenvalue weighted by Gasteiger charge is -2.65. The monoisotopic (exact) mass is 444 g/mol. The molecule has 8 atom stereocenters. The molecule has 1 nitrogen and oxygen atoms in total. The van der Waals surface area contributed by atoms with E-state index >= 15 is 0 Å². The Labute approximate surface area is 201 Å². The van der Waals surface area contributed by atoms with E-state index < -0.39 is 5.60 Å². The summed E-state index contributed by atoms with van der Waals surface area (Å²) >= 11 is 0. The van der Waals surface area contributed by atoms with Gasteiger partial charge in [0.2, 0.25) is 0 Å². The molecule has 0 amide bonds. The Balaban J connectivity index is 1.37. The van der Waals surface area contributed by atoms with Crippen LogP contribution in [0.15, 0.2) is 47.6 Å². The van der Waals surface area contributed by atoms with Crippen LogP contribution in [0.4, 0.5) is 0 Å². The van der Waals surface area contributed by atoms with Crippen LogP contribution in [-0.2, 0) is 0 Å². The minimum atomic E-state index is -0.435. The molecular formula is C32H44O. The molecule has 0 bridgehead atoms. The van der Waals surface area contributed by atoms with Gasteiger partial charge < -0.3 is 5.11 Å². The number of rotatable bonds is 1. The van der Waals surface area contributed by atoms with Gasteiger partial charge in [-0.2, -0.15) is 0 Å². The van der Waals surface area contributed by atoms with Crippen molar-refractivity contribution < 1.29 is 5.11 Å². The molecule has 0 aromatic heterocycles. The van der Waals surface area contributed by atoms with Crippen molar-refractivity contribution >= 4 is 0 Å². The molecule has 0 aromatic carbocycles. The van der Waals surface area contributed by atoms with Crippen molar-refractivity contribution in [2.75, 3.05) is 0 Å². The van der Waals surface area contributed by atoms with Crippen molar-refractivity contribution in [1.29, 1.82) is 0 Å². The molecule has 0 aliphatic heterocycles. The van der Waals surface area contributed by atoms with Crippen molar-refractivity contribution in [2.24, 2.45) is 39.4 Å². The first-order chi connectivity index (χ1) is 15.8. The van der Waals surface area contributed by atoms with Gasteiger partial charge in [0.05, 0.1) is 5.60 Å². The van der Waals surface area contributed by atoms with Crippen LogP contribution < -0.4 is 0 Å². The lowest BCUT2D eigenvalue weighted by atomic mass is 9.40. The fourth-order valence-corrected chi connectivity index (χ4v) is 11.9. The average Bonchev–Trinajstić information content (AvgIpc) is 3.48. The summed E-state index contributed by atoms with van der Waals surface area (Å²) in [6.07, 6.45) is 28.3. The normalized spacial score (nSPS) is 54.1. The molecule has 8 unspecified atom stereocenters. The van der Waals surface area contributed by atoms with E-state index in [1.807, 2.05) is 0 Å². The van der Waals surface area contributed by atoms with Crippen LogP contribution in [-0.4, -0.2) is 10.7 Å². The Bertz CT molecular complexity index is 994. The molecule has 33 heavy (non-hydrogen) atoms. The third-order valence-corrected chi connectivity index (χ3v) is 13.3. The Morgan fingerprint density at radius 1 is 0.970 bits per heavy atom. The van der Waals surface area contributed by atoms with E-state index in [-0.39, 0.29) is 21.7 Å². The molecule has 0 radical (unpaired) electrons. The number of hydrogen-bond donors (Lipinski definition) is 1. The first-order valence-corrected chi connectivity index (χ1v) is 14.3. The number of fused-ring (bicyclic) bond motifs is 2. The minimum absolute atomic E-state index is 0.0974. The zero-order valence-corrected chi connectivity index (χ0v) is 21.1. The van der Waals surface area contributed by atoms with Gasteiger partial charge in [0.15, 0.2) is 0 Å². The van der Waals surface area contributed by atoms with E-state index in [1.54, 1.807) is 5.57 Å². The summed E-state index contributed by atoms with van der Waals surface area (Å²) in [6, 6.07) is 0. The van der Waals surface area contributed by atoms with Crippen LogP contribution in [0, 0.1) is 39.4 Å². The first kappa shape index (κ1) is 21.2. The topological polar surface area (TPSA) is 20.2 Å². The summed E-state index contributed by atoms with van der Waals surface area (Å²) < 4.78 is 0. The van der Waals surface area contributed by atoms with E-state index in [4.69, 9.17) is 0 Å². The second-order valence-electron chi connectivity index (χ2n) is 13.7. The highest BCUT2D eigenvalue weighted by Crippen LogP contribution is 2.81. The molecule has 178 valence electrons. The Morgan fingerprint density at radius 3 is 2.67 bits per heavy atom. The quantitative estimate of drug-likeness (QED) is 0.405. The van der Waals surface area contributed by atoms with Gasteiger partial charge >= 0.3 is 0 Å². The third kappa shape index (κ3) is 2.18. The van der Waals surface area contributed by atoms with Crippen LogP contribution in [0.2, 0.25) is 0 Å². The molecule has 1 heteroatoms. The van der Waals surface area contributed by atoms with Gasteiger partial charge in [-0.05, 0) is 115 Å². The van der Waals surface area contributed by atoms with Gasteiger partial charge in [0.1, 0.15) is 0 Å². The third-order valence-electron chi connectivity index (χ3n) is 13.3. The Kier molecular flexibility index (Phi) is 4.22. The standard InChI is InChI=1S/C32H44O/c1-22(2)24-10-17-29-13-5-8-27-30(29,16-9-23(3)26(29)21-24)19-20-31(27)18-11-25-7-4-12-28(25)14-6-15-32(28,31)33/h5,8-9,16,24-25,27,33H,1,4,6-7,10-15,17-21H2,2-3H3. The highest BCUT2D eigenvalue weighted by atomic mass is 16.3. The van der Waals surface area contributed by atoms with E-state index in [1.165, 1.54) is 94.6 Å². The van der Waals surface area contributed by atoms with Gasteiger partial charge in [0.25, 0.3) is 0 Å². The molecular weight excluding hydrogens is 400 g/mol. The fraction of sp³-hybridized carbons (Fsp3) is 0.750. The number of aliphatic hydroxyl groups is 1. The van der Waals surface area contributed by atoms with Crippen LogP contribution >= 0.6 is 0 Å². The van der Waals surface area contributed by atoms with Gasteiger partial charge in [-0.15, -0.1) is 0 Å². The fourth-order valence-electron chi connectivity index (χ4n) is 11.9. The van der Waals surface area contributed by atoms with Gasteiger partial charge in [-0.1, -0.05) is 54.0 Å². The molecule has 0 heterocycles. The average molecular weight is 445 g/mol. The summed E-state index contributed by atoms with van der Waals surface area (Å²) in [5.74, 6) is 1.96. The summed E-state index contributed by atoms with van der Waals surface area (Å²) in [5.41, 5.74) is 5.09. The van der Waals surface area contributed by atoms with Crippen molar-refractivity contribution in [3.63, 3.8) is 0 Å². The maximum absolute atomic E-state index is 12.9.